The van der Waals surface area contributed by atoms with Gasteiger partial charge in [0.15, 0.2) is 0 Å². The van der Waals surface area contributed by atoms with Crippen molar-refractivity contribution < 1.29 is 4.39 Å². The topological polar surface area (TPSA) is 55.6 Å². The molecule has 0 radical (unpaired) electrons. The van der Waals surface area contributed by atoms with Crippen LogP contribution in [0.25, 0.3) is 0 Å². The molecular formula is C11H13ClFN5S. The van der Waals surface area contributed by atoms with Gasteiger partial charge in [-0.15, -0.1) is 5.10 Å². The summed E-state index contributed by atoms with van der Waals surface area (Å²) in [6.07, 6.45) is 0. The molecule has 1 heterocycles. The third kappa shape index (κ3) is 3.65. The number of rotatable bonds is 6. The Kier molecular flexibility index (Phi) is 5.12. The first-order chi connectivity index (χ1) is 9.22. The SMILES string of the molecule is CNCCn1nnnc1SCc1cccc(Cl)c1F. The standard InChI is InChI=1S/C11H13ClFN5S/c1-14-5-6-18-11(15-16-17-18)19-7-8-3-2-4-9(12)10(8)13/h2-4,14H,5-7H2,1H3. The van der Waals surface area contributed by atoms with Gasteiger partial charge >= 0.3 is 0 Å². The van der Waals surface area contributed by atoms with Gasteiger partial charge < -0.3 is 5.32 Å². The van der Waals surface area contributed by atoms with E-state index in [1.165, 1.54) is 17.8 Å². The maximum Gasteiger partial charge on any atom is 0.209 e. The first-order valence-electron chi connectivity index (χ1n) is 5.69. The van der Waals surface area contributed by atoms with Gasteiger partial charge in [0.05, 0.1) is 11.6 Å². The van der Waals surface area contributed by atoms with Gasteiger partial charge in [-0.1, -0.05) is 35.5 Å². The Morgan fingerprint density at radius 3 is 3.11 bits per heavy atom. The Bertz CT molecular complexity index is 548. The fourth-order valence-electron chi connectivity index (χ4n) is 1.46. The highest BCUT2D eigenvalue weighted by Gasteiger charge is 2.10. The van der Waals surface area contributed by atoms with Gasteiger partial charge in [0.2, 0.25) is 5.16 Å². The predicted octanol–water partition coefficient (Wildman–Crippen LogP) is 1.98. The molecule has 0 amide bonds. The van der Waals surface area contributed by atoms with Gasteiger partial charge in [-0.25, -0.2) is 9.07 Å². The first kappa shape index (κ1) is 14.2. The highest BCUT2D eigenvalue weighted by atomic mass is 35.5. The fourth-order valence-corrected chi connectivity index (χ4v) is 2.53. The molecule has 5 nitrogen and oxygen atoms in total. The van der Waals surface area contributed by atoms with Crippen LogP contribution in [-0.4, -0.2) is 33.8 Å². The van der Waals surface area contributed by atoms with Crippen molar-refractivity contribution in [1.82, 2.24) is 25.5 Å². The minimum Gasteiger partial charge on any atom is -0.318 e. The largest absolute Gasteiger partial charge is 0.318 e. The van der Waals surface area contributed by atoms with Crippen molar-refractivity contribution >= 4 is 23.4 Å². The first-order valence-corrected chi connectivity index (χ1v) is 7.05. The van der Waals surface area contributed by atoms with Crippen molar-refractivity contribution in [1.29, 1.82) is 0 Å². The van der Waals surface area contributed by atoms with Crippen LogP contribution in [-0.2, 0) is 12.3 Å². The second-order valence-electron chi connectivity index (χ2n) is 3.79. The molecule has 0 aliphatic carbocycles. The number of likely N-dealkylation sites (N-methyl/N-ethyl adjacent to an activating group) is 1. The number of tetrazole rings is 1. The number of nitrogens with zero attached hydrogens (tertiary/aromatic N) is 4. The number of aromatic nitrogens is 4. The molecular weight excluding hydrogens is 289 g/mol. The van der Waals surface area contributed by atoms with Gasteiger partial charge in [0.25, 0.3) is 0 Å². The lowest BCUT2D eigenvalue weighted by Gasteiger charge is -2.05. The van der Waals surface area contributed by atoms with E-state index in [4.69, 9.17) is 11.6 Å². The van der Waals surface area contributed by atoms with Crippen LogP contribution in [0.15, 0.2) is 23.4 Å². The number of hydrogen-bond acceptors (Lipinski definition) is 5. The summed E-state index contributed by atoms with van der Waals surface area (Å²) in [6.45, 7) is 1.44. The van der Waals surface area contributed by atoms with E-state index in [0.29, 0.717) is 23.0 Å². The summed E-state index contributed by atoms with van der Waals surface area (Å²) in [5.74, 6) is 0.0534. The van der Waals surface area contributed by atoms with E-state index in [9.17, 15) is 4.39 Å². The molecule has 2 rings (SSSR count). The van der Waals surface area contributed by atoms with E-state index in [1.807, 2.05) is 7.05 Å². The molecule has 0 saturated heterocycles. The van der Waals surface area contributed by atoms with Gasteiger partial charge in [-0.2, -0.15) is 0 Å². The van der Waals surface area contributed by atoms with Crippen molar-refractivity contribution in [3.63, 3.8) is 0 Å². The van der Waals surface area contributed by atoms with Gasteiger partial charge in [0.1, 0.15) is 5.82 Å². The molecule has 0 fully saturated rings. The number of hydrogen-bond donors (Lipinski definition) is 1. The molecule has 0 aliphatic rings. The molecule has 19 heavy (non-hydrogen) atoms. The van der Waals surface area contributed by atoms with Crippen molar-refractivity contribution in [2.45, 2.75) is 17.5 Å². The monoisotopic (exact) mass is 301 g/mol. The second kappa shape index (κ2) is 6.83. The maximum atomic E-state index is 13.7. The molecule has 0 spiro atoms. The van der Waals surface area contributed by atoms with E-state index in [0.717, 1.165) is 6.54 Å². The van der Waals surface area contributed by atoms with Crippen LogP contribution in [0.1, 0.15) is 5.56 Å². The minimum absolute atomic E-state index is 0.132. The smallest absolute Gasteiger partial charge is 0.209 e. The summed E-state index contributed by atoms with van der Waals surface area (Å²) >= 11 is 7.12. The minimum atomic E-state index is -0.383. The Balaban J connectivity index is 2.02. The van der Waals surface area contributed by atoms with E-state index in [2.05, 4.69) is 20.8 Å². The Morgan fingerprint density at radius 2 is 2.32 bits per heavy atom. The molecule has 0 aliphatic heterocycles. The molecule has 8 heteroatoms. The lowest BCUT2D eigenvalue weighted by molar-refractivity contribution is 0.530. The summed E-state index contributed by atoms with van der Waals surface area (Å²) in [4.78, 5) is 0. The van der Waals surface area contributed by atoms with E-state index in [-0.39, 0.29) is 10.8 Å². The summed E-state index contributed by atoms with van der Waals surface area (Å²) in [6, 6.07) is 4.96. The molecule has 2 aromatic rings. The van der Waals surface area contributed by atoms with Crippen molar-refractivity contribution in [3.8, 4) is 0 Å². The summed E-state index contributed by atoms with van der Waals surface area (Å²) in [5.41, 5.74) is 0.542. The van der Waals surface area contributed by atoms with Gasteiger partial charge in [0, 0.05) is 12.3 Å². The maximum absolute atomic E-state index is 13.7. The van der Waals surface area contributed by atoms with E-state index in [1.54, 1.807) is 16.8 Å². The predicted molar refractivity (Wildman–Crippen MR) is 72.7 cm³/mol. The quantitative estimate of drug-likeness (QED) is 0.827. The van der Waals surface area contributed by atoms with Gasteiger partial charge in [-0.3, -0.25) is 0 Å². The molecule has 0 saturated carbocycles. The third-order valence-electron chi connectivity index (χ3n) is 2.46. The molecule has 102 valence electrons. The van der Waals surface area contributed by atoms with Crippen LogP contribution in [0.5, 0.6) is 0 Å². The average molecular weight is 302 g/mol. The lowest BCUT2D eigenvalue weighted by Crippen LogP contribution is -2.16. The highest BCUT2D eigenvalue weighted by Crippen LogP contribution is 2.25. The zero-order chi connectivity index (χ0) is 13.7. The molecule has 0 bridgehead atoms. The Hall–Kier alpha value is -1.18. The fraction of sp³-hybridized carbons (Fsp3) is 0.364. The van der Waals surface area contributed by atoms with Crippen LogP contribution >= 0.6 is 23.4 Å². The van der Waals surface area contributed by atoms with Crippen molar-refractivity contribution in [2.24, 2.45) is 0 Å². The Morgan fingerprint density at radius 1 is 1.47 bits per heavy atom. The number of thioether (sulfide) groups is 1. The van der Waals surface area contributed by atoms with Crippen LogP contribution in [0.2, 0.25) is 5.02 Å². The zero-order valence-electron chi connectivity index (χ0n) is 10.3. The van der Waals surface area contributed by atoms with E-state index >= 15 is 0 Å². The summed E-state index contributed by atoms with van der Waals surface area (Å²) < 4.78 is 15.4. The lowest BCUT2D eigenvalue weighted by atomic mass is 10.2. The Labute approximate surface area is 119 Å². The molecule has 1 N–H and O–H groups in total. The van der Waals surface area contributed by atoms with Crippen LogP contribution in [0, 0.1) is 5.82 Å². The third-order valence-corrected chi connectivity index (χ3v) is 3.76. The van der Waals surface area contributed by atoms with Crippen LogP contribution < -0.4 is 5.32 Å². The normalized spacial score (nSPS) is 10.9. The summed E-state index contributed by atoms with van der Waals surface area (Å²) in [7, 11) is 1.86. The molecule has 0 atom stereocenters. The average Bonchev–Trinajstić information content (AvgIpc) is 2.85. The van der Waals surface area contributed by atoms with Crippen molar-refractivity contribution in [3.05, 3.63) is 34.6 Å². The molecule has 1 aromatic carbocycles. The highest BCUT2D eigenvalue weighted by molar-refractivity contribution is 7.98. The summed E-state index contributed by atoms with van der Waals surface area (Å²) in [5, 5.41) is 15.2. The molecule has 0 unspecified atom stereocenters. The molecule has 1 aromatic heterocycles. The second-order valence-corrected chi connectivity index (χ2v) is 5.14. The van der Waals surface area contributed by atoms with E-state index < -0.39 is 0 Å². The number of benzene rings is 1. The number of nitrogens with one attached hydrogen (secondary N) is 1. The van der Waals surface area contributed by atoms with Gasteiger partial charge in [-0.05, 0) is 29.1 Å². The zero-order valence-corrected chi connectivity index (χ0v) is 11.9. The number of halogens is 2. The van der Waals surface area contributed by atoms with Crippen LogP contribution in [0.3, 0.4) is 0 Å². The van der Waals surface area contributed by atoms with Crippen LogP contribution in [0.4, 0.5) is 4.39 Å². The van der Waals surface area contributed by atoms with Crippen molar-refractivity contribution in [2.75, 3.05) is 13.6 Å².